The predicted molar refractivity (Wildman–Crippen MR) is 54.0 cm³/mol. The molecule has 1 rings (SSSR count). The van der Waals surface area contributed by atoms with Gasteiger partial charge < -0.3 is 5.11 Å². The molecule has 0 radical (unpaired) electrons. The molecule has 0 aliphatic carbocycles. The number of hydrogen-bond donors (Lipinski definition) is 1. The van der Waals surface area contributed by atoms with E-state index in [-0.39, 0.29) is 5.57 Å². The Labute approximate surface area is 83.1 Å². The van der Waals surface area contributed by atoms with Crippen molar-refractivity contribution in [2.75, 3.05) is 0 Å². The summed E-state index contributed by atoms with van der Waals surface area (Å²) in [4.78, 5) is 14.3. The Balaban J connectivity index is 2.29. The van der Waals surface area contributed by atoms with E-state index in [1.165, 1.54) is 5.56 Å². The van der Waals surface area contributed by atoms with E-state index < -0.39 is 5.97 Å². The Kier molecular flexibility index (Phi) is 3.85. The molecule has 14 heavy (non-hydrogen) atoms. The van der Waals surface area contributed by atoms with E-state index in [1.807, 2.05) is 12.1 Å². The molecule has 0 aliphatic heterocycles. The Bertz CT molecular complexity index is 319. The van der Waals surface area contributed by atoms with Crippen LogP contribution in [-0.4, -0.2) is 16.1 Å². The molecule has 0 saturated heterocycles. The van der Waals surface area contributed by atoms with Crippen LogP contribution in [-0.2, 0) is 11.2 Å². The molecule has 0 bridgehead atoms. The van der Waals surface area contributed by atoms with E-state index in [9.17, 15) is 4.79 Å². The van der Waals surface area contributed by atoms with E-state index in [2.05, 4.69) is 11.6 Å². The highest BCUT2D eigenvalue weighted by Crippen LogP contribution is 2.07. The minimum Gasteiger partial charge on any atom is -0.478 e. The molecule has 0 amide bonds. The summed E-state index contributed by atoms with van der Waals surface area (Å²) in [5, 5.41) is 8.57. The molecule has 1 N–H and O–H groups in total. The lowest BCUT2D eigenvalue weighted by Crippen LogP contribution is -1.99. The Morgan fingerprint density at radius 3 is 2.64 bits per heavy atom. The van der Waals surface area contributed by atoms with Gasteiger partial charge in [-0.15, -0.1) is 0 Å². The van der Waals surface area contributed by atoms with Crippen LogP contribution in [0.2, 0.25) is 0 Å². The highest BCUT2D eigenvalue weighted by Gasteiger charge is 2.02. The first-order chi connectivity index (χ1) is 6.70. The van der Waals surface area contributed by atoms with Gasteiger partial charge in [-0.05, 0) is 37.0 Å². The number of aromatic nitrogens is 1. The second kappa shape index (κ2) is 5.17. The van der Waals surface area contributed by atoms with Gasteiger partial charge in [0.1, 0.15) is 0 Å². The summed E-state index contributed by atoms with van der Waals surface area (Å²) in [6.45, 7) is 3.47. The summed E-state index contributed by atoms with van der Waals surface area (Å²) >= 11 is 0. The standard InChI is InChI=1S/C11H13NO2/c1-9(11(13)14)3-2-4-10-5-7-12-8-6-10/h5-8H,1-4H2,(H,13,14). The first kappa shape index (κ1) is 10.4. The molecule has 0 aromatic carbocycles. The van der Waals surface area contributed by atoms with Gasteiger partial charge in [-0.1, -0.05) is 6.58 Å². The third-order valence-electron chi connectivity index (χ3n) is 2.00. The highest BCUT2D eigenvalue weighted by molar-refractivity contribution is 5.85. The maximum atomic E-state index is 10.4. The third kappa shape index (κ3) is 3.39. The number of aryl methyl sites for hydroxylation is 1. The molecule has 0 unspecified atom stereocenters. The summed E-state index contributed by atoms with van der Waals surface area (Å²) in [5.41, 5.74) is 1.46. The second-order valence-electron chi connectivity index (χ2n) is 3.12. The molecule has 0 fully saturated rings. The number of hydrogen-bond acceptors (Lipinski definition) is 2. The highest BCUT2D eigenvalue weighted by atomic mass is 16.4. The zero-order chi connectivity index (χ0) is 10.4. The molecule has 1 heterocycles. The normalized spacial score (nSPS) is 9.71. The van der Waals surface area contributed by atoms with Gasteiger partial charge in [0.2, 0.25) is 0 Å². The van der Waals surface area contributed by atoms with Crippen molar-refractivity contribution >= 4 is 5.97 Å². The van der Waals surface area contributed by atoms with Gasteiger partial charge >= 0.3 is 5.97 Å². The summed E-state index contributed by atoms with van der Waals surface area (Å²) in [6, 6.07) is 3.87. The SMILES string of the molecule is C=C(CCCc1ccncc1)C(=O)O. The van der Waals surface area contributed by atoms with Crippen LogP contribution in [0.3, 0.4) is 0 Å². The van der Waals surface area contributed by atoms with Gasteiger partial charge in [-0.2, -0.15) is 0 Å². The molecule has 3 heteroatoms. The average Bonchev–Trinajstić information content (AvgIpc) is 2.19. The number of pyridine rings is 1. The largest absolute Gasteiger partial charge is 0.478 e. The van der Waals surface area contributed by atoms with Gasteiger partial charge in [-0.25, -0.2) is 4.79 Å². The number of carboxylic acid groups (broad SMARTS) is 1. The van der Waals surface area contributed by atoms with E-state index in [0.29, 0.717) is 6.42 Å². The fourth-order valence-corrected chi connectivity index (χ4v) is 1.16. The number of rotatable bonds is 5. The third-order valence-corrected chi connectivity index (χ3v) is 2.00. The summed E-state index contributed by atoms with van der Waals surface area (Å²) in [5.74, 6) is -0.903. The van der Waals surface area contributed by atoms with E-state index in [4.69, 9.17) is 5.11 Å². The smallest absolute Gasteiger partial charge is 0.330 e. The minimum atomic E-state index is -0.903. The molecule has 1 aromatic heterocycles. The molecule has 0 aliphatic rings. The van der Waals surface area contributed by atoms with Crippen molar-refractivity contribution in [1.29, 1.82) is 0 Å². The van der Waals surface area contributed by atoms with Crippen LogP contribution in [0.15, 0.2) is 36.7 Å². The zero-order valence-corrected chi connectivity index (χ0v) is 7.94. The number of carboxylic acids is 1. The summed E-state index contributed by atoms with van der Waals surface area (Å²) in [6.07, 6.45) is 5.70. The van der Waals surface area contributed by atoms with Crippen molar-refractivity contribution in [2.45, 2.75) is 19.3 Å². The Morgan fingerprint density at radius 1 is 1.43 bits per heavy atom. The zero-order valence-electron chi connectivity index (χ0n) is 7.94. The van der Waals surface area contributed by atoms with Gasteiger partial charge in [0, 0.05) is 18.0 Å². The molecular weight excluding hydrogens is 178 g/mol. The molecular formula is C11H13NO2. The van der Waals surface area contributed by atoms with Crippen LogP contribution in [0, 0.1) is 0 Å². The van der Waals surface area contributed by atoms with E-state index in [1.54, 1.807) is 12.4 Å². The fourth-order valence-electron chi connectivity index (χ4n) is 1.16. The lowest BCUT2D eigenvalue weighted by atomic mass is 10.1. The Morgan fingerprint density at radius 2 is 2.07 bits per heavy atom. The monoisotopic (exact) mass is 191 g/mol. The predicted octanol–water partition coefficient (Wildman–Crippen LogP) is 2.05. The van der Waals surface area contributed by atoms with Crippen molar-refractivity contribution in [3.63, 3.8) is 0 Å². The molecule has 0 atom stereocenters. The maximum Gasteiger partial charge on any atom is 0.330 e. The van der Waals surface area contributed by atoms with E-state index in [0.717, 1.165) is 12.8 Å². The van der Waals surface area contributed by atoms with Gasteiger partial charge in [0.25, 0.3) is 0 Å². The van der Waals surface area contributed by atoms with Crippen LogP contribution in [0.25, 0.3) is 0 Å². The topological polar surface area (TPSA) is 50.2 Å². The summed E-state index contributed by atoms with van der Waals surface area (Å²) in [7, 11) is 0. The average molecular weight is 191 g/mol. The molecule has 0 spiro atoms. The number of carbonyl (C=O) groups is 1. The van der Waals surface area contributed by atoms with Gasteiger partial charge in [0.15, 0.2) is 0 Å². The van der Waals surface area contributed by atoms with Crippen LogP contribution in [0.5, 0.6) is 0 Å². The van der Waals surface area contributed by atoms with Crippen molar-refractivity contribution < 1.29 is 9.90 Å². The molecule has 3 nitrogen and oxygen atoms in total. The lowest BCUT2D eigenvalue weighted by molar-refractivity contribution is -0.132. The van der Waals surface area contributed by atoms with Crippen LogP contribution in [0.4, 0.5) is 0 Å². The van der Waals surface area contributed by atoms with Crippen LogP contribution < -0.4 is 0 Å². The fraction of sp³-hybridized carbons (Fsp3) is 0.273. The number of aliphatic carboxylic acids is 1. The first-order valence-corrected chi connectivity index (χ1v) is 4.50. The first-order valence-electron chi connectivity index (χ1n) is 4.50. The van der Waals surface area contributed by atoms with Crippen molar-refractivity contribution in [3.05, 3.63) is 42.2 Å². The lowest BCUT2D eigenvalue weighted by Gasteiger charge is -2.00. The van der Waals surface area contributed by atoms with Gasteiger partial charge in [0.05, 0.1) is 0 Å². The Hall–Kier alpha value is -1.64. The molecule has 74 valence electrons. The van der Waals surface area contributed by atoms with Crippen molar-refractivity contribution in [1.82, 2.24) is 4.98 Å². The molecule has 1 aromatic rings. The van der Waals surface area contributed by atoms with E-state index >= 15 is 0 Å². The maximum absolute atomic E-state index is 10.4. The van der Waals surface area contributed by atoms with Crippen LogP contribution in [0.1, 0.15) is 18.4 Å². The second-order valence-corrected chi connectivity index (χ2v) is 3.12. The van der Waals surface area contributed by atoms with Gasteiger partial charge in [-0.3, -0.25) is 4.98 Å². The van der Waals surface area contributed by atoms with Crippen LogP contribution >= 0.6 is 0 Å². The quantitative estimate of drug-likeness (QED) is 0.724. The summed E-state index contributed by atoms with van der Waals surface area (Å²) < 4.78 is 0. The number of nitrogens with zero attached hydrogens (tertiary/aromatic N) is 1. The van der Waals surface area contributed by atoms with Crippen molar-refractivity contribution in [3.8, 4) is 0 Å². The van der Waals surface area contributed by atoms with Crippen molar-refractivity contribution in [2.24, 2.45) is 0 Å². The minimum absolute atomic E-state index is 0.277. The molecule has 0 saturated carbocycles.